The Morgan fingerprint density at radius 3 is 2.00 bits per heavy atom. The third-order valence-electron chi connectivity index (χ3n) is 3.92. The van der Waals surface area contributed by atoms with Crippen molar-refractivity contribution in [3.05, 3.63) is 71.3 Å². The van der Waals surface area contributed by atoms with Crippen molar-refractivity contribution < 1.29 is 18.0 Å². The van der Waals surface area contributed by atoms with E-state index in [1.54, 1.807) is 19.2 Å². The summed E-state index contributed by atoms with van der Waals surface area (Å²) >= 11 is 0.572. The van der Waals surface area contributed by atoms with Gasteiger partial charge in [0.1, 0.15) is 0 Å². The van der Waals surface area contributed by atoms with Gasteiger partial charge in [-0.1, -0.05) is 49.4 Å². The number of amides is 1. The van der Waals surface area contributed by atoms with Gasteiger partial charge in [-0.2, -0.15) is 4.61 Å². The second-order valence-corrected chi connectivity index (χ2v) is 6.19. The third-order valence-corrected chi connectivity index (χ3v) is 4.71. The van der Waals surface area contributed by atoms with Crippen LogP contribution >= 0.6 is 11.4 Å². The van der Waals surface area contributed by atoms with E-state index in [2.05, 4.69) is 0 Å². The SMILES string of the molecule is CC(c1ccc(C(=O)N(C)C(S#N)c2ccccc2)cc1)C(F)F.CF. The summed E-state index contributed by atoms with van der Waals surface area (Å²) in [5, 5.41) is -0.543. The first-order chi connectivity index (χ1) is 12.5. The first-order valence-corrected chi connectivity index (χ1v) is 8.67. The predicted octanol–water partition coefficient (Wildman–Crippen LogP) is 5.62. The fraction of sp³-hybridized carbons (Fsp3) is 0.316. The molecule has 3 nitrogen and oxygen atoms in total. The topological polar surface area (TPSA) is 44.1 Å². The van der Waals surface area contributed by atoms with Crippen LogP contribution in [0.3, 0.4) is 0 Å². The van der Waals surface area contributed by atoms with Gasteiger partial charge in [0.2, 0.25) is 6.43 Å². The molecule has 0 aromatic heterocycles. The van der Waals surface area contributed by atoms with Gasteiger partial charge < -0.3 is 4.90 Å². The summed E-state index contributed by atoms with van der Waals surface area (Å²) in [6.07, 6.45) is -2.44. The minimum atomic E-state index is -2.44. The Kier molecular flexibility index (Phi) is 8.82. The molecule has 0 aliphatic carbocycles. The number of carbonyl (C=O) groups is 1. The second-order valence-electron chi connectivity index (χ2n) is 5.53. The Bertz CT molecular complexity index is 733. The van der Waals surface area contributed by atoms with Gasteiger partial charge in [-0.15, -0.1) is 0 Å². The molecular formula is C19H21F3N2OS. The minimum absolute atomic E-state index is 0.290. The lowest BCUT2D eigenvalue weighted by molar-refractivity contribution is 0.0780. The molecule has 0 fully saturated rings. The van der Waals surface area contributed by atoms with Gasteiger partial charge in [0.05, 0.1) is 18.6 Å². The van der Waals surface area contributed by atoms with Crippen molar-refractivity contribution in [2.24, 2.45) is 0 Å². The standard InChI is InChI=1S/C18H18F2N2OS.CH3F/c1-12(16(19)20)13-8-10-14(11-9-13)17(23)22(2)18(24-21)15-6-4-3-5-7-15;1-2/h3-12,16,18H,1-2H3;1H3. The molecule has 0 saturated carbocycles. The molecule has 0 bridgehead atoms. The van der Waals surface area contributed by atoms with E-state index in [-0.39, 0.29) is 5.91 Å². The molecule has 0 aliphatic heterocycles. The fourth-order valence-electron chi connectivity index (χ4n) is 2.36. The molecule has 7 heteroatoms. The maximum Gasteiger partial charge on any atom is 0.255 e. The van der Waals surface area contributed by atoms with E-state index in [0.29, 0.717) is 29.7 Å². The van der Waals surface area contributed by atoms with Gasteiger partial charge in [-0.3, -0.25) is 9.18 Å². The number of carbonyl (C=O) groups excluding carboxylic acids is 1. The molecule has 2 rings (SSSR count). The van der Waals surface area contributed by atoms with E-state index in [4.69, 9.17) is 0 Å². The average Bonchev–Trinajstić information content (AvgIpc) is 2.69. The summed E-state index contributed by atoms with van der Waals surface area (Å²) in [6, 6.07) is 15.3. The van der Waals surface area contributed by atoms with Gasteiger partial charge in [0, 0.05) is 18.5 Å². The highest BCUT2D eigenvalue weighted by atomic mass is 32.1. The summed E-state index contributed by atoms with van der Waals surface area (Å²) in [4.78, 5) is 14.0. The largest absolute Gasteiger partial charge is 0.320 e. The van der Waals surface area contributed by atoms with Crippen LogP contribution in [-0.4, -0.2) is 31.5 Å². The van der Waals surface area contributed by atoms with Crippen molar-refractivity contribution in [2.45, 2.75) is 24.6 Å². The molecule has 0 heterocycles. The van der Waals surface area contributed by atoms with Crippen LogP contribution in [0.15, 0.2) is 54.6 Å². The summed E-state index contributed by atoms with van der Waals surface area (Å²) in [7, 11) is 2.10. The Morgan fingerprint density at radius 1 is 1.00 bits per heavy atom. The van der Waals surface area contributed by atoms with E-state index in [1.807, 2.05) is 30.3 Å². The Morgan fingerprint density at radius 2 is 1.54 bits per heavy atom. The van der Waals surface area contributed by atoms with E-state index < -0.39 is 17.7 Å². The molecule has 0 saturated heterocycles. The van der Waals surface area contributed by atoms with Gasteiger partial charge >= 0.3 is 0 Å². The molecule has 1 amide bonds. The number of halogens is 3. The highest BCUT2D eigenvalue weighted by molar-refractivity contribution is 7.85. The minimum Gasteiger partial charge on any atom is -0.320 e. The predicted molar refractivity (Wildman–Crippen MR) is 98.5 cm³/mol. The van der Waals surface area contributed by atoms with Crippen molar-refractivity contribution in [2.75, 3.05) is 14.2 Å². The third kappa shape index (κ3) is 5.31. The highest BCUT2D eigenvalue weighted by Crippen LogP contribution is 2.27. The van der Waals surface area contributed by atoms with Crippen molar-refractivity contribution >= 4 is 17.3 Å². The normalized spacial score (nSPS) is 12.5. The molecule has 0 aliphatic rings. The number of hydrogen-bond acceptors (Lipinski definition) is 2. The second kappa shape index (κ2) is 10.6. The zero-order valence-corrected chi connectivity index (χ0v) is 15.6. The van der Waals surface area contributed by atoms with Gasteiger partial charge in [0.25, 0.3) is 5.91 Å². The first-order valence-electron chi connectivity index (χ1n) is 7.84. The molecule has 26 heavy (non-hydrogen) atoms. The maximum atomic E-state index is 12.7. The lowest BCUT2D eigenvalue weighted by Gasteiger charge is -2.23. The van der Waals surface area contributed by atoms with Crippen LogP contribution < -0.4 is 0 Å². The van der Waals surface area contributed by atoms with Crippen molar-refractivity contribution in [1.29, 1.82) is 4.61 Å². The zero-order valence-electron chi connectivity index (χ0n) is 14.8. The highest BCUT2D eigenvalue weighted by Gasteiger charge is 2.23. The molecule has 2 aromatic carbocycles. The van der Waals surface area contributed by atoms with Crippen LogP contribution in [0.4, 0.5) is 13.2 Å². The summed E-state index contributed by atoms with van der Waals surface area (Å²) < 4.78 is 44.5. The summed E-state index contributed by atoms with van der Waals surface area (Å²) in [6.45, 7) is 1.45. The lowest BCUT2D eigenvalue weighted by Crippen LogP contribution is -2.28. The summed E-state index contributed by atoms with van der Waals surface area (Å²) in [5.41, 5.74) is 1.67. The van der Waals surface area contributed by atoms with E-state index >= 15 is 0 Å². The number of nitrogens with zero attached hydrogens (tertiary/aromatic N) is 2. The number of alkyl halides is 3. The molecule has 140 valence electrons. The van der Waals surface area contributed by atoms with E-state index in [0.717, 1.165) is 5.56 Å². The van der Waals surface area contributed by atoms with E-state index in [1.165, 1.54) is 24.0 Å². The monoisotopic (exact) mass is 382 g/mol. The molecular weight excluding hydrogens is 361 g/mol. The molecule has 0 radical (unpaired) electrons. The fourth-order valence-corrected chi connectivity index (χ4v) is 2.87. The molecule has 0 spiro atoms. The van der Waals surface area contributed by atoms with Gasteiger partial charge in [-0.25, -0.2) is 8.78 Å². The van der Waals surface area contributed by atoms with Crippen LogP contribution in [0.25, 0.3) is 0 Å². The van der Waals surface area contributed by atoms with Gasteiger partial charge in [0.15, 0.2) is 5.37 Å². The van der Waals surface area contributed by atoms with Crippen LogP contribution in [0.2, 0.25) is 0 Å². The Labute approximate surface area is 155 Å². The lowest BCUT2D eigenvalue weighted by atomic mass is 10.00. The molecule has 2 unspecified atom stereocenters. The number of benzene rings is 2. The quantitative estimate of drug-likeness (QED) is 0.630. The van der Waals surface area contributed by atoms with Crippen molar-refractivity contribution in [3.63, 3.8) is 0 Å². The molecule has 2 aromatic rings. The van der Waals surface area contributed by atoms with Crippen molar-refractivity contribution in [1.82, 2.24) is 4.90 Å². The molecule has 2 atom stereocenters. The average molecular weight is 382 g/mol. The van der Waals surface area contributed by atoms with Crippen LogP contribution in [0.1, 0.15) is 39.7 Å². The molecule has 0 N–H and O–H groups in total. The number of rotatable bonds is 5. The van der Waals surface area contributed by atoms with Crippen LogP contribution in [0.5, 0.6) is 0 Å². The Hall–Kier alpha value is -2.37. The maximum absolute atomic E-state index is 12.7. The number of hydrogen-bond donors (Lipinski definition) is 0. The zero-order chi connectivity index (χ0) is 19.7. The first kappa shape index (κ1) is 21.7. The van der Waals surface area contributed by atoms with Gasteiger partial charge in [-0.05, 0) is 23.3 Å². The van der Waals surface area contributed by atoms with Crippen LogP contribution in [0, 0.1) is 4.61 Å². The summed E-state index contributed by atoms with van der Waals surface area (Å²) in [5.74, 6) is -1.17. The van der Waals surface area contributed by atoms with E-state index in [9.17, 15) is 22.6 Å². The van der Waals surface area contributed by atoms with Crippen LogP contribution in [-0.2, 0) is 0 Å². The smallest absolute Gasteiger partial charge is 0.255 e. The Balaban J connectivity index is 0.00000163. The van der Waals surface area contributed by atoms with Crippen molar-refractivity contribution in [3.8, 4) is 0 Å².